The van der Waals surface area contributed by atoms with E-state index in [1.54, 1.807) is 6.33 Å². The lowest BCUT2D eigenvalue weighted by Crippen LogP contribution is -2.29. The number of carboxylic acids is 1. The van der Waals surface area contributed by atoms with E-state index in [1.807, 2.05) is 29.8 Å². The van der Waals surface area contributed by atoms with Crippen molar-refractivity contribution in [3.8, 4) is 0 Å². The van der Waals surface area contributed by atoms with E-state index in [-0.39, 0.29) is 0 Å². The number of aryl methyl sites for hydroxylation is 1. The third-order valence-electron chi connectivity index (χ3n) is 3.92. The number of imidazole rings is 1. The number of fused-ring (bicyclic) bond motifs is 1. The van der Waals surface area contributed by atoms with Gasteiger partial charge in [-0.3, -0.25) is 4.79 Å². The molecule has 0 aliphatic heterocycles. The predicted molar refractivity (Wildman–Crippen MR) is 66.9 cm³/mol. The minimum absolute atomic E-state index is 0.457. The summed E-state index contributed by atoms with van der Waals surface area (Å²) in [7, 11) is 1.93. The Labute approximate surface area is 104 Å². The molecule has 94 valence electrons. The van der Waals surface area contributed by atoms with Gasteiger partial charge in [-0.1, -0.05) is 6.07 Å². The maximum atomic E-state index is 11.3. The van der Waals surface area contributed by atoms with Crippen molar-refractivity contribution in [2.75, 3.05) is 0 Å². The molecule has 1 aliphatic carbocycles. The van der Waals surface area contributed by atoms with Crippen molar-refractivity contribution >= 4 is 17.0 Å². The summed E-state index contributed by atoms with van der Waals surface area (Å²) >= 11 is 0. The van der Waals surface area contributed by atoms with Crippen LogP contribution >= 0.6 is 0 Å². The minimum atomic E-state index is -0.795. The van der Waals surface area contributed by atoms with E-state index in [1.165, 1.54) is 0 Å². The van der Waals surface area contributed by atoms with Gasteiger partial charge in [-0.15, -0.1) is 0 Å². The molecule has 18 heavy (non-hydrogen) atoms. The number of carbonyl (C=O) groups is 1. The van der Waals surface area contributed by atoms with Crippen molar-refractivity contribution in [2.45, 2.75) is 18.9 Å². The fourth-order valence-electron chi connectivity index (χ4n) is 2.46. The summed E-state index contributed by atoms with van der Waals surface area (Å²) in [6.45, 7) is 0. The summed E-state index contributed by atoms with van der Waals surface area (Å²) in [5.41, 5.74) is 8.08. The summed E-state index contributed by atoms with van der Waals surface area (Å²) in [4.78, 5) is 15.5. The van der Waals surface area contributed by atoms with Crippen LogP contribution in [-0.2, 0) is 11.8 Å². The number of hydrogen-bond donors (Lipinski definition) is 2. The molecule has 1 unspecified atom stereocenters. The molecule has 1 atom stereocenters. The van der Waals surface area contributed by atoms with E-state index < -0.39 is 17.4 Å². The molecule has 5 nitrogen and oxygen atoms in total. The quantitative estimate of drug-likeness (QED) is 0.857. The fourth-order valence-corrected chi connectivity index (χ4v) is 2.46. The van der Waals surface area contributed by atoms with Gasteiger partial charge in [-0.25, -0.2) is 4.98 Å². The predicted octanol–water partition coefficient (Wildman–Crippen LogP) is 1.44. The van der Waals surface area contributed by atoms with Crippen molar-refractivity contribution in [1.82, 2.24) is 9.55 Å². The largest absolute Gasteiger partial charge is 0.481 e. The number of aromatic nitrogens is 2. The maximum absolute atomic E-state index is 11.3. The highest BCUT2D eigenvalue weighted by Crippen LogP contribution is 2.54. The molecule has 3 rings (SSSR count). The van der Waals surface area contributed by atoms with Crippen LogP contribution in [0.15, 0.2) is 24.5 Å². The Balaban J connectivity index is 2.02. The number of rotatable bonds is 3. The van der Waals surface area contributed by atoms with E-state index in [4.69, 9.17) is 5.73 Å². The zero-order valence-electron chi connectivity index (χ0n) is 10.1. The highest BCUT2D eigenvalue weighted by molar-refractivity contribution is 5.80. The molecule has 5 heteroatoms. The molecule has 1 saturated carbocycles. The first kappa shape index (κ1) is 11.2. The molecule has 0 spiro atoms. The molecule has 1 heterocycles. The van der Waals surface area contributed by atoms with Gasteiger partial charge in [0.25, 0.3) is 0 Å². The second kappa shape index (κ2) is 3.55. The van der Waals surface area contributed by atoms with Gasteiger partial charge >= 0.3 is 5.97 Å². The van der Waals surface area contributed by atoms with Gasteiger partial charge in [0.15, 0.2) is 0 Å². The molecular formula is C13H15N3O2. The minimum Gasteiger partial charge on any atom is -0.481 e. The normalized spacial score (nSPS) is 18.8. The van der Waals surface area contributed by atoms with Gasteiger partial charge in [0.05, 0.1) is 22.8 Å². The first-order chi connectivity index (χ1) is 8.54. The highest BCUT2D eigenvalue weighted by Gasteiger charge is 2.55. The van der Waals surface area contributed by atoms with Crippen molar-refractivity contribution in [2.24, 2.45) is 18.2 Å². The average Bonchev–Trinajstić information content (AvgIpc) is 3.09. The standard InChI is InChI=1S/C13H15N3O2/c1-16-7-15-9-6-8(2-3-10(9)16)11(14)13(4-5-13)12(17)18/h2-3,6-7,11H,4-5,14H2,1H3,(H,17,18). The Morgan fingerprint density at radius 1 is 1.56 bits per heavy atom. The van der Waals surface area contributed by atoms with Crippen LogP contribution in [0.3, 0.4) is 0 Å². The molecule has 0 bridgehead atoms. The molecule has 1 aromatic carbocycles. The second-order valence-corrected chi connectivity index (χ2v) is 5.04. The van der Waals surface area contributed by atoms with E-state index in [0.29, 0.717) is 12.8 Å². The molecule has 1 fully saturated rings. The summed E-state index contributed by atoms with van der Waals surface area (Å²) in [5.74, 6) is -0.795. The lowest BCUT2D eigenvalue weighted by atomic mass is 9.91. The summed E-state index contributed by atoms with van der Waals surface area (Å²) in [5, 5.41) is 9.25. The number of aliphatic carboxylic acids is 1. The molecule has 0 radical (unpaired) electrons. The third-order valence-corrected chi connectivity index (χ3v) is 3.92. The van der Waals surface area contributed by atoms with Gasteiger partial charge in [-0.05, 0) is 30.5 Å². The van der Waals surface area contributed by atoms with Crippen molar-refractivity contribution < 1.29 is 9.90 Å². The Hall–Kier alpha value is -1.88. The number of benzene rings is 1. The number of carboxylic acid groups (broad SMARTS) is 1. The van der Waals surface area contributed by atoms with Crippen molar-refractivity contribution in [3.63, 3.8) is 0 Å². The lowest BCUT2D eigenvalue weighted by molar-refractivity contribution is -0.144. The number of nitrogens with two attached hydrogens (primary N) is 1. The van der Waals surface area contributed by atoms with Crippen LogP contribution in [0, 0.1) is 5.41 Å². The van der Waals surface area contributed by atoms with Crippen LogP contribution in [0.5, 0.6) is 0 Å². The number of nitrogens with zero attached hydrogens (tertiary/aromatic N) is 2. The van der Waals surface area contributed by atoms with Crippen LogP contribution in [0.1, 0.15) is 24.4 Å². The zero-order valence-corrected chi connectivity index (χ0v) is 10.1. The van der Waals surface area contributed by atoms with E-state index >= 15 is 0 Å². The van der Waals surface area contributed by atoms with Crippen LogP contribution in [0.2, 0.25) is 0 Å². The maximum Gasteiger partial charge on any atom is 0.311 e. The van der Waals surface area contributed by atoms with Crippen LogP contribution in [-0.4, -0.2) is 20.6 Å². The summed E-state index contributed by atoms with van der Waals surface area (Å²) in [6.07, 6.45) is 3.05. The third kappa shape index (κ3) is 1.44. The topological polar surface area (TPSA) is 81.1 Å². The first-order valence-electron chi connectivity index (χ1n) is 5.94. The monoisotopic (exact) mass is 245 g/mol. The molecule has 0 saturated heterocycles. The van der Waals surface area contributed by atoms with Gasteiger partial charge < -0.3 is 15.4 Å². The Kier molecular flexibility index (Phi) is 2.22. The highest BCUT2D eigenvalue weighted by atomic mass is 16.4. The Bertz CT molecular complexity index is 628. The van der Waals surface area contributed by atoms with Gasteiger partial charge in [0, 0.05) is 13.1 Å². The van der Waals surface area contributed by atoms with E-state index in [0.717, 1.165) is 16.6 Å². The lowest BCUT2D eigenvalue weighted by Gasteiger charge is -2.19. The molecule has 1 aromatic heterocycles. The average molecular weight is 245 g/mol. The van der Waals surface area contributed by atoms with Crippen LogP contribution in [0.4, 0.5) is 0 Å². The summed E-state index contributed by atoms with van der Waals surface area (Å²) in [6, 6.07) is 5.28. The second-order valence-electron chi connectivity index (χ2n) is 5.04. The van der Waals surface area contributed by atoms with E-state index in [9.17, 15) is 9.90 Å². The summed E-state index contributed by atoms with van der Waals surface area (Å²) < 4.78 is 1.93. The van der Waals surface area contributed by atoms with Crippen molar-refractivity contribution in [1.29, 1.82) is 0 Å². The van der Waals surface area contributed by atoms with Gasteiger partial charge in [0.1, 0.15) is 0 Å². The fraction of sp³-hybridized carbons (Fsp3) is 0.385. The molecular weight excluding hydrogens is 230 g/mol. The zero-order chi connectivity index (χ0) is 12.9. The smallest absolute Gasteiger partial charge is 0.311 e. The SMILES string of the molecule is Cn1cnc2cc(C(N)C3(C(=O)O)CC3)ccc21. The molecule has 0 amide bonds. The molecule has 3 N–H and O–H groups in total. The first-order valence-corrected chi connectivity index (χ1v) is 5.94. The van der Waals surface area contributed by atoms with Gasteiger partial charge in [0.2, 0.25) is 0 Å². The number of hydrogen-bond acceptors (Lipinski definition) is 3. The van der Waals surface area contributed by atoms with E-state index in [2.05, 4.69) is 4.98 Å². The van der Waals surface area contributed by atoms with Crippen molar-refractivity contribution in [3.05, 3.63) is 30.1 Å². The molecule has 1 aliphatic rings. The van der Waals surface area contributed by atoms with Crippen LogP contribution in [0.25, 0.3) is 11.0 Å². The Morgan fingerprint density at radius 2 is 2.28 bits per heavy atom. The van der Waals surface area contributed by atoms with Crippen LogP contribution < -0.4 is 5.73 Å². The Morgan fingerprint density at radius 3 is 2.89 bits per heavy atom. The van der Waals surface area contributed by atoms with Gasteiger partial charge in [-0.2, -0.15) is 0 Å². The molecule has 2 aromatic rings.